The van der Waals surface area contributed by atoms with Crippen molar-refractivity contribution in [2.45, 2.75) is 31.7 Å². The van der Waals surface area contributed by atoms with Crippen LogP contribution in [-0.4, -0.2) is 32.5 Å². The zero-order valence-electron chi connectivity index (χ0n) is 12.0. The fraction of sp³-hybridized carbons (Fsp3) is 0.600. The maximum absolute atomic E-state index is 12.8. The number of halogens is 3. The van der Waals surface area contributed by atoms with Gasteiger partial charge < -0.3 is 14.8 Å². The summed E-state index contributed by atoms with van der Waals surface area (Å²) in [7, 11) is 0. The Balaban J connectivity index is 2.06. The molecule has 0 bridgehead atoms. The molecule has 6 heteroatoms. The Kier molecular flexibility index (Phi) is 5.61. The lowest BCUT2D eigenvalue weighted by molar-refractivity contribution is -0.138. The van der Waals surface area contributed by atoms with Crippen LogP contribution >= 0.6 is 0 Å². The summed E-state index contributed by atoms with van der Waals surface area (Å²) in [6, 6.07) is 5.16. The third kappa shape index (κ3) is 4.69. The normalized spacial score (nSPS) is 17.5. The molecular formula is C15H20F3NO2. The second-order valence-electron chi connectivity index (χ2n) is 5.12. The van der Waals surface area contributed by atoms with E-state index in [-0.39, 0.29) is 12.1 Å². The highest BCUT2D eigenvalue weighted by Gasteiger charge is 2.31. The summed E-state index contributed by atoms with van der Waals surface area (Å²) in [6.45, 7) is 4.20. The highest BCUT2D eigenvalue weighted by molar-refractivity contribution is 5.28. The molecule has 118 valence electrons. The summed E-state index contributed by atoms with van der Waals surface area (Å²) in [4.78, 5) is 0. The predicted octanol–water partition coefficient (Wildman–Crippen LogP) is 3.16. The molecule has 1 atom stereocenters. The van der Waals surface area contributed by atoms with Crippen molar-refractivity contribution in [1.29, 1.82) is 0 Å². The number of rotatable bonds is 7. The average Bonchev–Trinajstić information content (AvgIpc) is 2.40. The smallest absolute Gasteiger partial charge is 0.376 e. The van der Waals surface area contributed by atoms with Crippen LogP contribution in [0.15, 0.2) is 24.3 Å². The monoisotopic (exact) mass is 303 g/mol. The summed E-state index contributed by atoms with van der Waals surface area (Å²) in [6.07, 6.45) is -3.36. The van der Waals surface area contributed by atoms with Crippen LogP contribution in [0.25, 0.3) is 0 Å². The maximum Gasteiger partial charge on any atom is 0.416 e. The topological polar surface area (TPSA) is 30.5 Å². The van der Waals surface area contributed by atoms with Gasteiger partial charge >= 0.3 is 6.18 Å². The van der Waals surface area contributed by atoms with Crippen LogP contribution in [0.4, 0.5) is 13.2 Å². The Morgan fingerprint density at radius 3 is 2.71 bits per heavy atom. The third-order valence-electron chi connectivity index (χ3n) is 3.36. The summed E-state index contributed by atoms with van der Waals surface area (Å²) >= 11 is 0. The van der Waals surface area contributed by atoms with Crippen molar-refractivity contribution < 1.29 is 22.6 Å². The first-order chi connectivity index (χ1) is 10.0. The molecule has 1 aliphatic rings. The van der Waals surface area contributed by atoms with Gasteiger partial charge in [-0.2, -0.15) is 13.2 Å². The second-order valence-corrected chi connectivity index (χ2v) is 5.12. The first-order valence-electron chi connectivity index (χ1n) is 7.10. The van der Waals surface area contributed by atoms with E-state index in [0.717, 1.165) is 19.0 Å². The second kappa shape index (κ2) is 7.24. The highest BCUT2D eigenvalue weighted by Crippen LogP contribution is 2.31. The summed E-state index contributed by atoms with van der Waals surface area (Å²) in [5.41, 5.74) is -0.0335. The molecule has 1 saturated heterocycles. The molecule has 21 heavy (non-hydrogen) atoms. The summed E-state index contributed by atoms with van der Waals surface area (Å²) < 4.78 is 49.1. The van der Waals surface area contributed by atoms with Gasteiger partial charge in [-0.25, -0.2) is 0 Å². The third-order valence-corrected chi connectivity index (χ3v) is 3.36. The van der Waals surface area contributed by atoms with Crippen molar-refractivity contribution in [1.82, 2.24) is 5.32 Å². The van der Waals surface area contributed by atoms with E-state index in [1.807, 2.05) is 6.92 Å². The SMILES string of the molecule is CCCNC(COC1COC1)c1cccc(C(F)(F)F)c1. The van der Waals surface area contributed by atoms with Crippen molar-refractivity contribution in [3.05, 3.63) is 35.4 Å². The lowest BCUT2D eigenvalue weighted by Crippen LogP contribution is -2.38. The van der Waals surface area contributed by atoms with E-state index in [4.69, 9.17) is 9.47 Å². The van der Waals surface area contributed by atoms with Crippen molar-refractivity contribution in [2.24, 2.45) is 0 Å². The van der Waals surface area contributed by atoms with Crippen molar-refractivity contribution >= 4 is 0 Å². The number of benzene rings is 1. The van der Waals surface area contributed by atoms with Gasteiger partial charge in [0.15, 0.2) is 0 Å². The lowest BCUT2D eigenvalue weighted by atomic mass is 10.0. The van der Waals surface area contributed by atoms with E-state index >= 15 is 0 Å². The Morgan fingerprint density at radius 2 is 2.14 bits per heavy atom. The van der Waals surface area contributed by atoms with Gasteiger partial charge in [0.2, 0.25) is 0 Å². The Hall–Kier alpha value is -1.11. The van der Waals surface area contributed by atoms with Gasteiger partial charge in [0.05, 0.1) is 31.4 Å². The molecule has 0 saturated carbocycles. The number of hydrogen-bond acceptors (Lipinski definition) is 3. The minimum atomic E-state index is -4.33. The Bertz CT molecular complexity index is 447. The zero-order valence-corrected chi connectivity index (χ0v) is 12.0. The molecular weight excluding hydrogens is 283 g/mol. The van der Waals surface area contributed by atoms with Crippen LogP contribution in [0.2, 0.25) is 0 Å². The van der Waals surface area contributed by atoms with Crippen LogP contribution in [0.5, 0.6) is 0 Å². The molecule has 0 aromatic heterocycles. The van der Waals surface area contributed by atoms with Gasteiger partial charge in [0, 0.05) is 0 Å². The van der Waals surface area contributed by atoms with Crippen LogP contribution in [0.1, 0.15) is 30.5 Å². The van der Waals surface area contributed by atoms with Crippen molar-refractivity contribution in [3.8, 4) is 0 Å². The predicted molar refractivity (Wildman–Crippen MR) is 73.0 cm³/mol. The molecule has 0 spiro atoms. The first-order valence-corrected chi connectivity index (χ1v) is 7.10. The van der Waals surface area contributed by atoms with Crippen molar-refractivity contribution in [2.75, 3.05) is 26.4 Å². The quantitative estimate of drug-likeness (QED) is 0.839. The Labute approximate surface area is 122 Å². The minimum absolute atomic E-state index is 0.0572. The molecule has 0 amide bonds. The fourth-order valence-electron chi connectivity index (χ4n) is 2.07. The molecule has 2 rings (SSSR count). The zero-order chi connectivity index (χ0) is 15.3. The van der Waals surface area contributed by atoms with Crippen LogP contribution in [0, 0.1) is 0 Å². The molecule has 0 radical (unpaired) electrons. The molecule has 1 aromatic carbocycles. The number of alkyl halides is 3. The standard InChI is InChI=1S/C15H20F3NO2/c1-2-6-19-14(10-21-13-8-20-9-13)11-4-3-5-12(7-11)15(16,17)18/h3-5,7,13-14,19H,2,6,8-10H2,1H3. The maximum atomic E-state index is 12.8. The van der Waals surface area contributed by atoms with Gasteiger partial charge in [0.25, 0.3) is 0 Å². The molecule has 3 nitrogen and oxygen atoms in total. The molecule has 1 N–H and O–H groups in total. The van der Waals surface area contributed by atoms with Crippen molar-refractivity contribution in [3.63, 3.8) is 0 Å². The number of ether oxygens (including phenoxy) is 2. The summed E-state index contributed by atoms with van der Waals surface area (Å²) in [5.74, 6) is 0. The van der Waals surface area contributed by atoms with E-state index < -0.39 is 11.7 Å². The van der Waals surface area contributed by atoms with E-state index in [2.05, 4.69) is 5.32 Å². The van der Waals surface area contributed by atoms with Gasteiger partial charge in [-0.3, -0.25) is 0 Å². The molecule has 1 aliphatic heterocycles. The Morgan fingerprint density at radius 1 is 1.38 bits per heavy atom. The minimum Gasteiger partial charge on any atom is -0.376 e. The lowest BCUT2D eigenvalue weighted by Gasteiger charge is -2.29. The molecule has 1 heterocycles. The molecule has 1 aromatic rings. The summed E-state index contributed by atoms with van der Waals surface area (Å²) in [5, 5.41) is 3.23. The van der Waals surface area contributed by atoms with Gasteiger partial charge in [-0.1, -0.05) is 19.1 Å². The molecule has 1 unspecified atom stereocenters. The first kappa shape index (κ1) is 16.3. The molecule has 0 aliphatic carbocycles. The molecule has 1 fully saturated rings. The van der Waals surface area contributed by atoms with E-state index in [9.17, 15) is 13.2 Å². The van der Waals surface area contributed by atoms with E-state index in [1.54, 1.807) is 6.07 Å². The fourth-order valence-corrected chi connectivity index (χ4v) is 2.07. The van der Waals surface area contributed by atoms with Crippen LogP contribution in [-0.2, 0) is 15.7 Å². The van der Waals surface area contributed by atoms with Crippen LogP contribution < -0.4 is 5.32 Å². The van der Waals surface area contributed by atoms with E-state index in [0.29, 0.717) is 25.4 Å². The highest BCUT2D eigenvalue weighted by atomic mass is 19.4. The number of hydrogen-bond donors (Lipinski definition) is 1. The van der Waals surface area contributed by atoms with Crippen LogP contribution in [0.3, 0.4) is 0 Å². The number of nitrogens with one attached hydrogen (secondary N) is 1. The van der Waals surface area contributed by atoms with Gasteiger partial charge in [0.1, 0.15) is 6.10 Å². The van der Waals surface area contributed by atoms with Gasteiger partial charge in [-0.15, -0.1) is 0 Å². The largest absolute Gasteiger partial charge is 0.416 e. The average molecular weight is 303 g/mol. The van der Waals surface area contributed by atoms with Gasteiger partial charge in [-0.05, 0) is 30.7 Å². The van der Waals surface area contributed by atoms with E-state index in [1.165, 1.54) is 12.1 Å².